The number of hydrogen-bond donors (Lipinski definition) is 1. The van der Waals surface area contributed by atoms with Gasteiger partial charge < -0.3 is 19.3 Å². The molecule has 0 aromatic heterocycles. The average Bonchev–Trinajstić information content (AvgIpc) is 2.79. The molecule has 0 bridgehead atoms. The van der Waals surface area contributed by atoms with Gasteiger partial charge in [0, 0.05) is 6.42 Å². The van der Waals surface area contributed by atoms with Gasteiger partial charge in [-0.05, 0) is 19.3 Å². The van der Waals surface area contributed by atoms with E-state index in [4.69, 9.17) is 19.3 Å². The van der Waals surface area contributed by atoms with Gasteiger partial charge in [0.2, 0.25) is 0 Å². The van der Waals surface area contributed by atoms with Crippen molar-refractivity contribution in [3.63, 3.8) is 0 Å². The van der Waals surface area contributed by atoms with Crippen LogP contribution in [0.3, 0.4) is 0 Å². The second-order valence-electron chi connectivity index (χ2n) is 3.71. The lowest BCUT2D eigenvalue weighted by molar-refractivity contribution is -0.144. The van der Waals surface area contributed by atoms with E-state index in [1.165, 1.54) is 0 Å². The molecule has 5 heteroatoms. The van der Waals surface area contributed by atoms with Gasteiger partial charge in [-0.25, -0.2) is 0 Å². The third kappa shape index (κ3) is 6.05. The van der Waals surface area contributed by atoms with Crippen molar-refractivity contribution in [2.45, 2.75) is 38.4 Å². The van der Waals surface area contributed by atoms with Gasteiger partial charge >= 0.3 is 5.97 Å². The average molecular weight is 232 g/mol. The van der Waals surface area contributed by atoms with E-state index in [1.54, 1.807) is 0 Å². The smallest absolute Gasteiger partial charge is 0.305 e. The van der Waals surface area contributed by atoms with E-state index in [9.17, 15) is 4.79 Å². The van der Waals surface area contributed by atoms with Crippen LogP contribution in [0.2, 0.25) is 0 Å². The maximum atomic E-state index is 11.0. The van der Waals surface area contributed by atoms with E-state index in [-0.39, 0.29) is 25.5 Å². The number of unbranched alkanes of at least 4 members (excludes halogenated alkanes) is 2. The molecule has 1 N–H and O–H groups in total. The van der Waals surface area contributed by atoms with E-state index in [0.29, 0.717) is 19.6 Å². The normalized spacial score (nSPS) is 16.6. The fourth-order valence-corrected chi connectivity index (χ4v) is 1.56. The lowest BCUT2D eigenvalue weighted by Crippen LogP contribution is -2.09. The molecule has 0 spiro atoms. The second kappa shape index (κ2) is 8.50. The number of hydrogen-bond acceptors (Lipinski definition) is 5. The maximum Gasteiger partial charge on any atom is 0.305 e. The van der Waals surface area contributed by atoms with Gasteiger partial charge in [0.25, 0.3) is 0 Å². The fraction of sp³-hybridized carbons (Fsp3) is 0.909. The van der Waals surface area contributed by atoms with Crippen molar-refractivity contribution in [1.82, 2.24) is 0 Å². The molecule has 1 heterocycles. The Morgan fingerprint density at radius 3 is 2.69 bits per heavy atom. The Labute approximate surface area is 95.7 Å². The SMILES string of the molecule is O=C(CCCCCC1OCCO1)OCCO. The topological polar surface area (TPSA) is 65.0 Å². The van der Waals surface area contributed by atoms with Gasteiger partial charge in [-0.3, -0.25) is 4.79 Å². The molecule has 1 rings (SSSR count). The predicted molar refractivity (Wildman–Crippen MR) is 56.8 cm³/mol. The highest BCUT2D eigenvalue weighted by atomic mass is 16.7. The molecule has 0 unspecified atom stereocenters. The third-order valence-electron chi connectivity index (χ3n) is 2.37. The molecule has 1 saturated heterocycles. The molecular weight excluding hydrogens is 212 g/mol. The van der Waals surface area contributed by atoms with Gasteiger partial charge in [0.05, 0.1) is 19.8 Å². The summed E-state index contributed by atoms with van der Waals surface area (Å²) in [5.41, 5.74) is 0. The van der Waals surface area contributed by atoms with Gasteiger partial charge in [-0.15, -0.1) is 0 Å². The molecular formula is C11H20O5. The molecule has 0 radical (unpaired) electrons. The summed E-state index contributed by atoms with van der Waals surface area (Å²) < 4.78 is 15.3. The maximum absolute atomic E-state index is 11.0. The third-order valence-corrected chi connectivity index (χ3v) is 2.37. The van der Waals surface area contributed by atoms with Crippen molar-refractivity contribution >= 4 is 5.97 Å². The van der Waals surface area contributed by atoms with Crippen molar-refractivity contribution < 1.29 is 24.1 Å². The number of carbonyl (C=O) groups is 1. The van der Waals surface area contributed by atoms with Crippen LogP contribution in [0, 0.1) is 0 Å². The zero-order valence-corrected chi connectivity index (χ0v) is 9.52. The van der Waals surface area contributed by atoms with E-state index in [0.717, 1.165) is 25.7 Å². The first-order valence-electron chi connectivity index (χ1n) is 5.82. The largest absolute Gasteiger partial charge is 0.463 e. The summed E-state index contributed by atoms with van der Waals surface area (Å²) in [6.07, 6.45) is 4.06. The van der Waals surface area contributed by atoms with Gasteiger partial charge in [-0.1, -0.05) is 6.42 Å². The van der Waals surface area contributed by atoms with E-state index >= 15 is 0 Å². The van der Waals surface area contributed by atoms with E-state index in [1.807, 2.05) is 0 Å². The van der Waals surface area contributed by atoms with Gasteiger partial charge in [-0.2, -0.15) is 0 Å². The Hall–Kier alpha value is -0.650. The molecule has 94 valence electrons. The van der Waals surface area contributed by atoms with Crippen LogP contribution in [0.25, 0.3) is 0 Å². The minimum Gasteiger partial charge on any atom is -0.463 e. The summed E-state index contributed by atoms with van der Waals surface area (Å²) >= 11 is 0. The van der Waals surface area contributed by atoms with Crippen LogP contribution in [-0.2, 0) is 19.0 Å². The summed E-state index contributed by atoms with van der Waals surface area (Å²) in [5, 5.41) is 8.44. The molecule has 0 amide bonds. The molecule has 1 aliphatic rings. The minimum absolute atomic E-state index is 0.0404. The number of ether oxygens (including phenoxy) is 3. The summed E-state index contributed by atoms with van der Waals surface area (Å²) in [4.78, 5) is 11.0. The molecule has 16 heavy (non-hydrogen) atoms. The Morgan fingerprint density at radius 1 is 1.25 bits per heavy atom. The minimum atomic E-state index is -0.234. The first-order valence-corrected chi connectivity index (χ1v) is 5.82. The molecule has 1 fully saturated rings. The summed E-state index contributed by atoms with van der Waals surface area (Å²) in [6, 6.07) is 0. The van der Waals surface area contributed by atoms with Crippen LogP contribution in [0.15, 0.2) is 0 Å². The number of esters is 1. The highest BCUT2D eigenvalue weighted by molar-refractivity contribution is 5.69. The molecule has 1 aliphatic heterocycles. The number of rotatable bonds is 8. The monoisotopic (exact) mass is 232 g/mol. The van der Waals surface area contributed by atoms with Gasteiger partial charge in [0.15, 0.2) is 6.29 Å². The summed E-state index contributed by atoms with van der Waals surface area (Å²) in [7, 11) is 0. The van der Waals surface area contributed by atoms with Crippen molar-refractivity contribution in [3.05, 3.63) is 0 Å². The zero-order valence-electron chi connectivity index (χ0n) is 9.52. The van der Waals surface area contributed by atoms with Crippen molar-refractivity contribution in [1.29, 1.82) is 0 Å². The molecule has 0 atom stereocenters. The second-order valence-corrected chi connectivity index (χ2v) is 3.71. The van der Waals surface area contributed by atoms with E-state index < -0.39 is 0 Å². The predicted octanol–water partition coefficient (Wildman–Crippen LogP) is 0.845. The van der Waals surface area contributed by atoms with Crippen molar-refractivity contribution in [2.24, 2.45) is 0 Å². The lowest BCUT2D eigenvalue weighted by atomic mass is 10.1. The Kier molecular flexibility index (Phi) is 7.12. The van der Waals surface area contributed by atoms with Crippen molar-refractivity contribution in [2.75, 3.05) is 26.4 Å². The lowest BCUT2D eigenvalue weighted by Gasteiger charge is -2.07. The highest BCUT2D eigenvalue weighted by Crippen LogP contribution is 2.13. The summed E-state index contributed by atoms with van der Waals surface area (Å²) in [5.74, 6) is -0.234. The first kappa shape index (κ1) is 13.4. The van der Waals surface area contributed by atoms with Crippen LogP contribution in [-0.4, -0.2) is 43.8 Å². The van der Waals surface area contributed by atoms with Crippen LogP contribution < -0.4 is 0 Å². The standard InChI is InChI=1S/C11H20O5/c12-6-7-14-10(13)4-2-1-3-5-11-15-8-9-16-11/h11-12H,1-9H2. The first-order chi connectivity index (χ1) is 7.83. The molecule has 0 aromatic carbocycles. The number of aliphatic hydroxyl groups excluding tert-OH is 1. The van der Waals surface area contributed by atoms with Crippen molar-refractivity contribution in [3.8, 4) is 0 Å². The Morgan fingerprint density at radius 2 is 2.00 bits per heavy atom. The fourth-order valence-electron chi connectivity index (χ4n) is 1.56. The van der Waals surface area contributed by atoms with Crippen LogP contribution in [0.1, 0.15) is 32.1 Å². The zero-order chi connectivity index (χ0) is 11.6. The molecule has 5 nitrogen and oxygen atoms in total. The molecule has 0 aromatic rings. The number of aliphatic hydroxyl groups is 1. The van der Waals surface area contributed by atoms with Crippen LogP contribution >= 0.6 is 0 Å². The number of carbonyl (C=O) groups excluding carboxylic acids is 1. The van der Waals surface area contributed by atoms with Gasteiger partial charge in [0.1, 0.15) is 6.61 Å². The quantitative estimate of drug-likeness (QED) is 0.496. The highest BCUT2D eigenvalue weighted by Gasteiger charge is 2.14. The summed E-state index contributed by atoms with van der Waals surface area (Å²) in [6.45, 7) is 1.38. The van der Waals surface area contributed by atoms with Crippen LogP contribution in [0.4, 0.5) is 0 Å². The Balaban J connectivity index is 1.85. The Bertz CT molecular complexity index is 189. The molecule has 0 saturated carbocycles. The van der Waals surface area contributed by atoms with E-state index in [2.05, 4.69) is 0 Å². The van der Waals surface area contributed by atoms with Crippen LogP contribution in [0.5, 0.6) is 0 Å². The molecule has 0 aliphatic carbocycles.